The second kappa shape index (κ2) is 12.0. The van der Waals surface area contributed by atoms with Crippen LogP contribution in [0.15, 0.2) is 42.5 Å². The maximum absolute atomic E-state index is 13.3. The van der Waals surface area contributed by atoms with Gasteiger partial charge in [-0.15, -0.1) is 0 Å². The van der Waals surface area contributed by atoms with E-state index < -0.39 is 16.1 Å². The fourth-order valence-electron chi connectivity index (χ4n) is 4.07. The van der Waals surface area contributed by atoms with Gasteiger partial charge in [0.25, 0.3) is 0 Å². The molecule has 0 aromatic heterocycles. The highest BCUT2D eigenvalue weighted by molar-refractivity contribution is 7.92. The average molecular weight is 488 g/mol. The Morgan fingerprint density at radius 3 is 2.06 bits per heavy atom. The van der Waals surface area contributed by atoms with Gasteiger partial charge in [0, 0.05) is 26.6 Å². The monoisotopic (exact) mass is 487 g/mol. The van der Waals surface area contributed by atoms with Crippen molar-refractivity contribution in [3.05, 3.63) is 64.7 Å². The van der Waals surface area contributed by atoms with E-state index in [0.717, 1.165) is 22.3 Å². The minimum absolute atomic E-state index is 0.135. The van der Waals surface area contributed by atoms with Gasteiger partial charge in [-0.2, -0.15) is 0 Å². The molecule has 2 rings (SSSR count). The lowest BCUT2D eigenvalue weighted by molar-refractivity contribution is -0.141. The van der Waals surface area contributed by atoms with Crippen LogP contribution in [-0.2, 0) is 26.2 Å². The molecule has 2 amide bonds. The van der Waals surface area contributed by atoms with Crippen LogP contribution in [0.1, 0.15) is 48.4 Å². The molecule has 7 nitrogen and oxygen atoms in total. The molecule has 34 heavy (non-hydrogen) atoms. The number of aryl methyl sites for hydroxylation is 3. The van der Waals surface area contributed by atoms with Crippen LogP contribution in [0.4, 0.5) is 5.69 Å². The summed E-state index contributed by atoms with van der Waals surface area (Å²) in [4.78, 5) is 27.4. The summed E-state index contributed by atoms with van der Waals surface area (Å²) in [7, 11) is -1.95. The van der Waals surface area contributed by atoms with Crippen LogP contribution < -0.4 is 9.62 Å². The average Bonchev–Trinajstić information content (AvgIpc) is 2.75. The van der Waals surface area contributed by atoms with Gasteiger partial charge in [-0.05, 0) is 62.4 Å². The molecule has 0 aliphatic heterocycles. The standard InChI is InChI=1S/C26H37N3O4S/c1-7-24(26(31)27-5)28(18-22-12-10-19(2)11-13-22)25(30)9-8-14-29(34(6,32)33)23-16-20(3)15-21(4)17-23/h10-13,15-17,24H,7-9,14,18H2,1-6H3,(H,27,31). The summed E-state index contributed by atoms with van der Waals surface area (Å²) in [6.45, 7) is 8.22. The highest BCUT2D eigenvalue weighted by Gasteiger charge is 2.28. The number of benzene rings is 2. The molecule has 0 aliphatic carbocycles. The van der Waals surface area contributed by atoms with Crippen molar-refractivity contribution in [2.75, 3.05) is 24.2 Å². The number of carbonyl (C=O) groups is 2. The van der Waals surface area contributed by atoms with Crippen LogP contribution in [0.25, 0.3) is 0 Å². The van der Waals surface area contributed by atoms with Crippen LogP contribution in [0.5, 0.6) is 0 Å². The lowest BCUT2D eigenvalue weighted by Gasteiger charge is -2.31. The molecule has 0 radical (unpaired) electrons. The summed E-state index contributed by atoms with van der Waals surface area (Å²) >= 11 is 0. The zero-order valence-corrected chi connectivity index (χ0v) is 21.9. The number of amides is 2. The highest BCUT2D eigenvalue weighted by atomic mass is 32.2. The van der Waals surface area contributed by atoms with Crippen molar-refractivity contribution in [3.63, 3.8) is 0 Å². The van der Waals surface area contributed by atoms with E-state index in [9.17, 15) is 18.0 Å². The Balaban J connectivity index is 2.20. The van der Waals surface area contributed by atoms with Crippen LogP contribution in [0.3, 0.4) is 0 Å². The lowest BCUT2D eigenvalue weighted by Crippen LogP contribution is -2.48. The summed E-state index contributed by atoms with van der Waals surface area (Å²) in [6.07, 6.45) is 2.13. The highest BCUT2D eigenvalue weighted by Crippen LogP contribution is 2.22. The van der Waals surface area contributed by atoms with Gasteiger partial charge in [-0.25, -0.2) is 8.42 Å². The lowest BCUT2D eigenvalue weighted by atomic mass is 10.1. The largest absolute Gasteiger partial charge is 0.357 e. The summed E-state index contributed by atoms with van der Waals surface area (Å²) in [6, 6.07) is 12.9. The maximum Gasteiger partial charge on any atom is 0.242 e. The first-order valence-corrected chi connectivity index (χ1v) is 13.4. The molecule has 0 fully saturated rings. The summed E-state index contributed by atoms with van der Waals surface area (Å²) in [5.41, 5.74) is 4.60. The van der Waals surface area contributed by atoms with Crippen molar-refractivity contribution in [1.29, 1.82) is 0 Å². The van der Waals surface area contributed by atoms with Crippen molar-refractivity contribution in [3.8, 4) is 0 Å². The Bertz CT molecular complexity index is 1080. The summed E-state index contributed by atoms with van der Waals surface area (Å²) in [5.74, 6) is -0.388. The number of sulfonamides is 1. The van der Waals surface area contributed by atoms with Gasteiger partial charge >= 0.3 is 0 Å². The predicted molar refractivity (Wildman–Crippen MR) is 137 cm³/mol. The molecule has 0 saturated heterocycles. The molecule has 1 N–H and O–H groups in total. The van der Waals surface area contributed by atoms with E-state index in [1.165, 1.54) is 10.6 Å². The number of likely N-dealkylation sites (N-methyl/N-ethyl adjacent to an activating group) is 1. The molecule has 1 unspecified atom stereocenters. The van der Waals surface area contributed by atoms with Gasteiger partial charge in [0.2, 0.25) is 21.8 Å². The molecular weight excluding hydrogens is 450 g/mol. The van der Waals surface area contributed by atoms with Crippen molar-refractivity contribution < 1.29 is 18.0 Å². The van der Waals surface area contributed by atoms with E-state index >= 15 is 0 Å². The number of nitrogens with one attached hydrogen (secondary N) is 1. The van der Waals surface area contributed by atoms with Crippen LogP contribution >= 0.6 is 0 Å². The summed E-state index contributed by atoms with van der Waals surface area (Å²) < 4.78 is 26.3. The van der Waals surface area contributed by atoms with E-state index in [2.05, 4.69) is 5.32 Å². The van der Waals surface area contributed by atoms with Gasteiger partial charge in [-0.3, -0.25) is 13.9 Å². The Labute approximate surface area is 204 Å². The van der Waals surface area contributed by atoms with E-state index in [0.29, 0.717) is 25.1 Å². The topological polar surface area (TPSA) is 86.8 Å². The molecule has 0 spiro atoms. The smallest absolute Gasteiger partial charge is 0.242 e. The van der Waals surface area contributed by atoms with Crippen molar-refractivity contribution in [2.24, 2.45) is 0 Å². The minimum Gasteiger partial charge on any atom is -0.357 e. The predicted octanol–water partition coefficient (Wildman–Crippen LogP) is 3.71. The van der Waals surface area contributed by atoms with Crippen LogP contribution in [-0.4, -0.2) is 51.0 Å². The molecule has 186 valence electrons. The minimum atomic E-state index is -3.52. The second-order valence-electron chi connectivity index (χ2n) is 8.83. The SMILES string of the molecule is CCC(C(=O)NC)N(Cc1ccc(C)cc1)C(=O)CCCN(c1cc(C)cc(C)c1)S(C)(=O)=O. The molecule has 8 heteroatoms. The number of nitrogens with zero attached hydrogens (tertiary/aromatic N) is 2. The first-order chi connectivity index (χ1) is 16.0. The van der Waals surface area contributed by atoms with Crippen LogP contribution in [0.2, 0.25) is 0 Å². The van der Waals surface area contributed by atoms with Crippen molar-refractivity contribution >= 4 is 27.5 Å². The number of rotatable bonds is 11. The Kier molecular flexibility index (Phi) is 9.67. The number of hydrogen-bond acceptors (Lipinski definition) is 4. The number of hydrogen-bond donors (Lipinski definition) is 1. The Morgan fingerprint density at radius 1 is 0.971 bits per heavy atom. The molecule has 2 aromatic rings. The van der Waals surface area contributed by atoms with Gasteiger partial charge in [0.05, 0.1) is 11.9 Å². The summed E-state index contributed by atoms with van der Waals surface area (Å²) in [5, 5.41) is 2.65. The van der Waals surface area contributed by atoms with E-state index in [1.807, 2.05) is 70.2 Å². The molecule has 0 heterocycles. The first-order valence-electron chi connectivity index (χ1n) is 11.6. The third kappa shape index (κ3) is 7.58. The number of carbonyl (C=O) groups excluding carboxylic acids is 2. The van der Waals surface area contributed by atoms with Crippen molar-refractivity contribution in [1.82, 2.24) is 10.2 Å². The molecule has 2 aromatic carbocycles. The maximum atomic E-state index is 13.3. The van der Waals surface area contributed by atoms with Gasteiger partial charge < -0.3 is 10.2 Å². The number of anilines is 1. The molecule has 0 saturated carbocycles. The fourth-order valence-corrected chi connectivity index (χ4v) is 5.02. The van der Waals surface area contributed by atoms with Crippen LogP contribution in [0, 0.1) is 20.8 Å². The van der Waals surface area contributed by atoms with E-state index in [1.54, 1.807) is 11.9 Å². The van der Waals surface area contributed by atoms with Gasteiger partial charge in [-0.1, -0.05) is 42.8 Å². The first kappa shape index (κ1) is 27.4. The van der Waals surface area contributed by atoms with Crippen molar-refractivity contribution in [2.45, 2.75) is 59.5 Å². The molecule has 0 bridgehead atoms. The van der Waals surface area contributed by atoms with E-state index in [4.69, 9.17) is 0 Å². The Morgan fingerprint density at radius 2 is 1.56 bits per heavy atom. The third-order valence-corrected chi connectivity index (χ3v) is 6.95. The second-order valence-corrected chi connectivity index (χ2v) is 10.7. The quantitative estimate of drug-likeness (QED) is 0.523. The normalized spacial score (nSPS) is 12.2. The molecule has 0 aliphatic rings. The zero-order chi connectivity index (χ0) is 25.5. The fraction of sp³-hybridized carbons (Fsp3) is 0.462. The van der Waals surface area contributed by atoms with Gasteiger partial charge in [0.15, 0.2) is 0 Å². The van der Waals surface area contributed by atoms with E-state index in [-0.39, 0.29) is 24.8 Å². The zero-order valence-electron chi connectivity index (χ0n) is 21.1. The Hall–Kier alpha value is -2.87. The van der Waals surface area contributed by atoms with Gasteiger partial charge in [0.1, 0.15) is 6.04 Å². The third-order valence-electron chi connectivity index (χ3n) is 5.75. The molecular formula is C26H37N3O4S. The molecule has 1 atom stereocenters.